The van der Waals surface area contributed by atoms with Gasteiger partial charge in [-0.1, -0.05) is 19.1 Å². The molecule has 1 rings (SSSR count). The molecule has 0 unspecified atom stereocenters. The first-order valence-corrected chi connectivity index (χ1v) is 5.75. The Balaban J connectivity index is 2.44. The Labute approximate surface area is 106 Å². The number of carboxylic acids is 1. The fourth-order valence-electron chi connectivity index (χ4n) is 1.35. The zero-order chi connectivity index (χ0) is 13.5. The molecule has 0 aliphatic heterocycles. The van der Waals surface area contributed by atoms with Crippen molar-refractivity contribution in [2.75, 3.05) is 6.61 Å². The average Bonchev–Trinajstić information content (AvgIpc) is 2.36. The third-order valence-corrected chi connectivity index (χ3v) is 2.41. The van der Waals surface area contributed by atoms with Crippen molar-refractivity contribution < 1.29 is 19.4 Å². The minimum atomic E-state index is -1.32. The second-order valence-electron chi connectivity index (χ2n) is 3.90. The number of amides is 1. The highest BCUT2D eigenvalue weighted by atomic mass is 16.5. The highest BCUT2D eigenvalue weighted by molar-refractivity contribution is 5.83. The Morgan fingerprint density at radius 3 is 2.78 bits per heavy atom. The van der Waals surface area contributed by atoms with Crippen molar-refractivity contribution in [3.05, 3.63) is 29.8 Å². The van der Waals surface area contributed by atoms with E-state index in [1.165, 1.54) is 6.92 Å². The molecule has 0 aliphatic carbocycles. The molecule has 1 aromatic carbocycles. The Morgan fingerprint density at radius 2 is 2.17 bits per heavy atom. The van der Waals surface area contributed by atoms with Crippen LogP contribution < -0.4 is 15.2 Å². The van der Waals surface area contributed by atoms with E-state index in [4.69, 9.17) is 4.74 Å². The van der Waals surface area contributed by atoms with Crippen LogP contribution in [0.5, 0.6) is 5.75 Å². The molecule has 18 heavy (non-hydrogen) atoms. The molecule has 0 spiro atoms. The quantitative estimate of drug-likeness (QED) is 0.763. The summed E-state index contributed by atoms with van der Waals surface area (Å²) < 4.78 is 5.27. The zero-order valence-electron chi connectivity index (χ0n) is 10.4. The molecule has 0 fully saturated rings. The van der Waals surface area contributed by atoms with E-state index >= 15 is 0 Å². The van der Waals surface area contributed by atoms with Gasteiger partial charge in [0.25, 0.3) is 5.91 Å². The van der Waals surface area contributed by atoms with Crippen LogP contribution in [0.2, 0.25) is 0 Å². The van der Waals surface area contributed by atoms with Gasteiger partial charge in [0.05, 0.1) is 12.0 Å². The van der Waals surface area contributed by atoms with E-state index in [0.717, 1.165) is 12.0 Å². The first kappa shape index (κ1) is 14.0. The summed E-state index contributed by atoms with van der Waals surface area (Å²) in [5.74, 6) is -1.23. The molecule has 0 aromatic heterocycles. The Kier molecular flexibility index (Phi) is 5.17. The number of hydrogen-bond donors (Lipinski definition) is 1. The number of rotatable bonds is 6. The average molecular weight is 250 g/mol. The minimum absolute atomic E-state index is 0.217. The van der Waals surface area contributed by atoms with Gasteiger partial charge in [0, 0.05) is 0 Å². The molecule has 0 saturated carbocycles. The van der Waals surface area contributed by atoms with Gasteiger partial charge in [0.2, 0.25) is 0 Å². The SMILES string of the molecule is CCc1cccc(OCC(=O)N[C@H](C)C(=O)[O-])c1. The van der Waals surface area contributed by atoms with E-state index in [2.05, 4.69) is 5.32 Å². The molecule has 0 saturated heterocycles. The summed E-state index contributed by atoms with van der Waals surface area (Å²) in [5, 5.41) is 12.7. The third kappa shape index (κ3) is 4.45. The number of hydrogen-bond acceptors (Lipinski definition) is 4. The summed E-state index contributed by atoms with van der Waals surface area (Å²) in [6, 6.07) is 6.37. The first-order valence-electron chi connectivity index (χ1n) is 5.75. The van der Waals surface area contributed by atoms with Crippen molar-refractivity contribution in [2.45, 2.75) is 26.3 Å². The normalized spacial score (nSPS) is 11.7. The van der Waals surface area contributed by atoms with Gasteiger partial charge in [-0.05, 0) is 31.0 Å². The van der Waals surface area contributed by atoms with Gasteiger partial charge < -0.3 is 20.0 Å². The summed E-state index contributed by atoms with van der Waals surface area (Å²) in [6.07, 6.45) is 0.880. The van der Waals surface area contributed by atoms with Crippen LogP contribution in [0, 0.1) is 0 Å². The standard InChI is InChI=1S/C13H17NO4/c1-3-10-5-4-6-11(7-10)18-8-12(15)14-9(2)13(16)17/h4-7,9H,3,8H2,1-2H3,(H,14,15)(H,16,17)/p-1/t9-/m1/s1. The lowest BCUT2D eigenvalue weighted by Crippen LogP contribution is -2.47. The summed E-state index contributed by atoms with van der Waals surface area (Å²) in [4.78, 5) is 21.8. The Morgan fingerprint density at radius 1 is 1.44 bits per heavy atom. The highest BCUT2D eigenvalue weighted by Crippen LogP contribution is 2.13. The Hall–Kier alpha value is -2.04. The van der Waals surface area contributed by atoms with E-state index in [1.54, 1.807) is 6.07 Å². The van der Waals surface area contributed by atoms with Crippen LogP contribution in [0.15, 0.2) is 24.3 Å². The van der Waals surface area contributed by atoms with Gasteiger partial charge in [-0.2, -0.15) is 0 Å². The predicted octanol–water partition coefficient (Wildman–Crippen LogP) is -0.118. The van der Waals surface area contributed by atoms with Crippen LogP contribution in [0.4, 0.5) is 0 Å². The molecule has 5 heteroatoms. The number of aliphatic carboxylic acids is 1. The van der Waals surface area contributed by atoms with Gasteiger partial charge in [0.1, 0.15) is 5.75 Å². The molecular weight excluding hydrogens is 234 g/mol. The van der Waals surface area contributed by atoms with Crippen LogP contribution in [-0.2, 0) is 16.0 Å². The number of benzene rings is 1. The van der Waals surface area contributed by atoms with Crippen molar-refractivity contribution >= 4 is 11.9 Å². The van der Waals surface area contributed by atoms with Crippen molar-refractivity contribution in [3.8, 4) is 5.75 Å². The second kappa shape index (κ2) is 6.64. The van der Waals surface area contributed by atoms with Crippen molar-refractivity contribution in [2.24, 2.45) is 0 Å². The minimum Gasteiger partial charge on any atom is -0.548 e. The van der Waals surface area contributed by atoms with Crippen molar-refractivity contribution in [1.29, 1.82) is 0 Å². The Bertz CT molecular complexity index is 431. The summed E-state index contributed by atoms with van der Waals surface area (Å²) in [7, 11) is 0. The number of carbonyl (C=O) groups is 2. The van der Waals surface area contributed by atoms with Gasteiger partial charge >= 0.3 is 0 Å². The molecule has 1 aromatic rings. The van der Waals surface area contributed by atoms with Crippen molar-refractivity contribution in [3.63, 3.8) is 0 Å². The molecule has 5 nitrogen and oxygen atoms in total. The van der Waals surface area contributed by atoms with E-state index in [0.29, 0.717) is 5.75 Å². The zero-order valence-corrected chi connectivity index (χ0v) is 10.4. The number of ether oxygens (including phenoxy) is 1. The lowest BCUT2D eigenvalue weighted by molar-refractivity contribution is -0.307. The molecule has 1 amide bonds. The first-order chi connectivity index (χ1) is 8.52. The maximum Gasteiger partial charge on any atom is 0.258 e. The predicted molar refractivity (Wildman–Crippen MR) is 63.9 cm³/mol. The van der Waals surface area contributed by atoms with Gasteiger partial charge in [0.15, 0.2) is 6.61 Å². The van der Waals surface area contributed by atoms with E-state index in [9.17, 15) is 14.7 Å². The lowest BCUT2D eigenvalue weighted by Gasteiger charge is -2.14. The molecular formula is C13H16NO4-. The fourth-order valence-corrected chi connectivity index (χ4v) is 1.35. The van der Waals surface area contributed by atoms with E-state index in [-0.39, 0.29) is 6.61 Å². The van der Waals surface area contributed by atoms with Gasteiger partial charge in [-0.15, -0.1) is 0 Å². The second-order valence-corrected chi connectivity index (χ2v) is 3.90. The fraction of sp³-hybridized carbons (Fsp3) is 0.385. The van der Waals surface area contributed by atoms with Crippen LogP contribution in [0.3, 0.4) is 0 Å². The lowest BCUT2D eigenvalue weighted by atomic mass is 10.2. The monoisotopic (exact) mass is 250 g/mol. The largest absolute Gasteiger partial charge is 0.548 e. The molecule has 1 N–H and O–H groups in total. The molecule has 0 radical (unpaired) electrons. The highest BCUT2D eigenvalue weighted by Gasteiger charge is 2.08. The summed E-state index contributed by atoms with van der Waals surface area (Å²) >= 11 is 0. The van der Waals surface area contributed by atoms with Crippen LogP contribution in [-0.4, -0.2) is 24.5 Å². The maximum atomic E-state index is 11.4. The number of aryl methyl sites for hydroxylation is 1. The van der Waals surface area contributed by atoms with Crippen LogP contribution in [0.1, 0.15) is 19.4 Å². The van der Waals surface area contributed by atoms with Gasteiger partial charge in [-0.25, -0.2) is 0 Å². The molecule has 0 heterocycles. The van der Waals surface area contributed by atoms with Crippen molar-refractivity contribution in [1.82, 2.24) is 5.32 Å². The molecule has 0 bridgehead atoms. The smallest absolute Gasteiger partial charge is 0.258 e. The number of carboxylic acid groups (broad SMARTS) is 1. The third-order valence-electron chi connectivity index (χ3n) is 2.41. The number of carbonyl (C=O) groups excluding carboxylic acids is 2. The van der Waals surface area contributed by atoms with Crippen LogP contribution in [0.25, 0.3) is 0 Å². The molecule has 1 atom stereocenters. The van der Waals surface area contributed by atoms with Gasteiger partial charge in [-0.3, -0.25) is 4.79 Å². The summed E-state index contributed by atoms with van der Waals surface area (Å²) in [6.45, 7) is 3.14. The van der Waals surface area contributed by atoms with E-state index < -0.39 is 17.9 Å². The molecule has 0 aliphatic rings. The topological polar surface area (TPSA) is 78.5 Å². The summed E-state index contributed by atoms with van der Waals surface area (Å²) in [5.41, 5.74) is 1.11. The number of nitrogens with one attached hydrogen (secondary N) is 1. The molecule has 98 valence electrons. The van der Waals surface area contributed by atoms with Crippen LogP contribution >= 0.6 is 0 Å². The van der Waals surface area contributed by atoms with E-state index in [1.807, 2.05) is 25.1 Å². The maximum absolute atomic E-state index is 11.4.